The Hall–Kier alpha value is -1.69. The Labute approximate surface area is 118 Å². The molecule has 0 N–H and O–H groups in total. The van der Waals surface area contributed by atoms with Crippen LogP contribution in [0.2, 0.25) is 0 Å². The Morgan fingerprint density at radius 3 is 3.00 bits per heavy atom. The average molecular weight is 276 g/mol. The van der Waals surface area contributed by atoms with Gasteiger partial charge in [-0.1, -0.05) is 6.08 Å². The number of ether oxygens (including phenoxy) is 1. The second-order valence-electron chi connectivity index (χ2n) is 5.36. The number of methoxy groups -OCH3 is 1. The highest BCUT2D eigenvalue weighted by molar-refractivity contribution is 5.94. The van der Waals surface area contributed by atoms with Gasteiger partial charge in [0.25, 0.3) is 0 Å². The van der Waals surface area contributed by atoms with E-state index in [1.165, 1.54) is 0 Å². The molecular formula is C14H20N4O2. The summed E-state index contributed by atoms with van der Waals surface area (Å²) < 4.78 is 7.20. The number of amides is 1. The molecule has 0 saturated heterocycles. The van der Waals surface area contributed by atoms with Gasteiger partial charge in [-0.25, -0.2) is 0 Å². The van der Waals surface area contributed by atoms with Gasteiger partial charge in [0.1, 0.15) is 6.61 Å². The monoisotopic (exact) mass is 276 g/mol. The SMILES string of the molecule is COCc1nnc2n1CCN(C(=O)C1=CCCC1)[C@H]2C. The lowest BCUT2D eigenvalue weighted by molar-refractivity contribution is -0.130. The highest BCUT2D eigenvalue weighted by atomic mass is 16.5. The molecule has 1 aliphatic carbocycles. The van der Waals surface area contributed by atoms with Crippen LogP contribution >= 0.6 is 0 Å². The first-order valence-corrected chi connectivity index (χ1v) is 7.13. The van der Waals surface area contributed by atoms with Crippen molar-refractivity contribution in [2.24, 2.45) is 0 Å². The number of nitrogens with zero attached hydrogens (tertiary/aromatic N) is 4. The molecule has 1 aromatic heterocycles. The van der Waals surface area contributed by atoms with Crippen LogP contribution < -0.4 is 0 Å². The first-order valence-electron chi connectivity index (χ1n) is 7.13. The van der Waals surface area contributed by atoms with E-state index in [-0.39, 0.29) is 11.9 Å². The van der Waals surface area contributed by atoms with E-state index < -0.39 is 0 Å². The van der Waals surface area contributed by atoms with Gasteiger partial charge in [0.05, 0.1) is 6.04 Å². The molecule has 2 heterocycles. The fourth-order valence-electron chi connectivity index (χ4n) is 3.01. The lowest BCUT2D eigenvalue weighted by Gasteiger charge is -2.34. The zero-order valence-corrected chi connectivity index (χ0v) is 12.0. The zero-order valence-electron chi connectivity index (χ0n) is 12.0. The molecule has 0 fully saturated rings. The molecule has 2 aliphatic rings. The van der Waals surface area contributed by atoms with Crippen molar-refractivity contribution in [3.8, 4) is 0 Å². The predicted molar refractivity (Wildman–Crippen MR) is 72.8 cm³/mol. The summed E-state index contributed by atoms with van der Waals surface area (Å²) in [6.07, 6.45) is 5.10. The minimum absolute atomic E-state index is 0.0316. The molecule has 1 aromatic rings. The minimum atomic E-state index is -0.0316. The van der Waals surface area contributed by atoms with Crippen molar-refractivity contribution >= 4 is 5.91 Å². The zero-order chi connectivity index (χ0) is 14.1. The molecule has 0 radical (unpaired) electrons. The van der Waals surface area contributed by atoms with Gasteiger partial charge in [-0.15, -0.1) is 10.2 Å². The largest absolute Gasteiger partial charge is 0.377 e. The summed E-state index contributed by atoms with van der Waals surface area (Å²) in [5.74, 6) is 1.86. The smallest absolute Gasteiger partial charge is 0.250 e. The minimum Gasteiger partial charge on any atom is -0.377 e. The molecule has 0 bridgehead atoms. The van der Waals surface area contributed by atoms with Crippen molar-refractivity contribution in [2.45, 2.75) is 45.4 Å². The van der Waals surface area contributed by atoms with E-state index in [2.05, 4.69) is 20.8 Å². The van der Waals surface area contributed by atoms with Gasteiger partial charge in [0.15, 0.2) is 11.6 Å². The fraction of sp³-hybridized carbons (Fsp3) is 0.643. The molecule has 0 saturated carbocycles. The number of aromatic nitrogens is 3. The quantitative estimate of drug-likeness (QED) is 0.838. The van der Waals surface area contributed by atoms with E-state index in [0.717, 1.165) is 43.0 Å². The maximum absolute atomic E-state index is 12.5. The van der Waals surface area contributed by atoms with Crippen molar-refractivity contribution in [1.29, 1.82) is 0 Å². The molecule has 20 heavy (non-hydrogen) atoms. The molecule has 1 aliphatic heterocycles. The van der Waals surface area contributed by atoms with Gasteiger partial charge in [-0.2, -0.15) is 0 Å². The molecule has 1 amide bonds. The Morgan fingerprint density at radius 2 is 2.30 bits per heavy atom. The molecule has 0 spiro atoms. The molecular weight excluding hydrogens is 256 g/mol. The lowest BCUT2D eigenvalue weighted by atomic mass is 10.1. The summed E-state index contributed by atoms with van der Waals surface area (Å²) in [7, 11) is 1.65. The van der Waals surface area contributed by atoms with E-state index in [1.807, 2.05) is 11.8 Å². The normalized spacial score (nSPS) is 21.8. The molecule has 1 atom stereocenters. The Bertz CT molecular complexity index is 549. The molecule has 108 valence electrons. The van der Waals surface area contributed by atoms with Crippen molar-refractivity contribution < 1.29 is 9.53 Å². The van der Waals surface area contributed by atoms with Crippen LogP contribution in [0.1, 0.15) is 43.9 Å². The van der Waals surface area contributed by atoms with E-state index in [1.54, 1.807) is 7.11 Å². The Balaban J connectivity index is 1.82. The van der Waals surface area contributed by atoms with Crippen LogP contribution in [-0.2, 0) is 22.7 Å². The van der Waals surface area contributed by atoms with E-state index >= 15 is 0 Å². The molecule has 6 heteroatoms. The maximum Gasteiger partial charge on any atom is 0.250 e. The summed E-state index contributed by atoms with van der Waals surface area (Å²) in [4.78, 5) is 14.4. The van der Waals surface area contributed by atoms with Crippen LogP contribution in [0.15, 0.2) is 11.6 Å². The molecule has 6 nitrogen and oxygen atoms in total. The number of carbonyl (C=O) groups excluding carboxylic acids is 1. The summed E-state index contributed by atoms with van der Waals surface area (Å²) in [6.45, 7) is 3.92. The number of hydrogen-bond acceptors (Lipinski definition) is 4. The topological polar surface area (TPSA) is 60.3 Å². The van der Waals surface area contributed by atoms with E-state index in [0.29, 0.717) is 13.2 Å². The predicted octanol–water partition coefficient (Wildman–Crippen LogP) is 1.44. The number of hydrogen-bond donors (Lipinski definition) is 0. The van der Waals surface area contributed by atoms with Gasteiger partial charge in [0, 0.05) is 25.8 Å². The first kappa shape index (κ1) is 13.3. The standard InChI is InChI=1S/C14H20N4O2/c1-10-13-16-15-12(9-20-2)18(13)8-7-17(10)14(19)11-5-3-4-6-11/h5,10H,3-4,6-9H2,1-2H3/t10-/m0/s1. The Morgan fingerprint density at radius 1 is 1.45 bits per heavy atom. The second-order valence-corrected chi connectivity index (χ2v) is 5.36. The number of rotatable bonds is 3. The van der Waals surface area contributed by atoms with Crippen molar-refractivity contribution in [1.82, 2.24) is 19.7 Å². The number of fused-ring (bicyclic) bond motifs is 1. The second kappa shape index (κ2) is 5.36. The van der Waals surface area contributed by atoms with Crippen LogP contribution in [0.4, 0.5) is 0 Å². The third-order valence-corrected chi connectivity index (χ3v) is 4.11. The highest BCUT2D eigenvalue weighted by Crippen LogP contribution is 2.28. The van der Waals surface area contributed by atoms with Crippen LogP contribution in [0.3, 0.4) is 0 Å². The molecule has 0 aromatic carbocycles. The summed E-state index contributed by atoms with van der Waals surface area (Å²) in [5, 5.41) is 8.40. The van der Waals surface area contributed by atoms with Crippen LogP contribution in [0, 0.1) is 0 Å². The third-order valence-electron chi connectivity index (χ3n) is 4.11. The third kappa shape index (κ3) is 2.14. The van der Waals surface area contributed by atoms with Gasteiger partial charge in [-0.3, -0.25) is 4.79 Å². The van der Waals surface area contributed by atoms with E-state index in [9.17, 15) is 4.79 Å². The van der Waals surface area contributed by atoms with Crippen LogP contribution in [-0.4, -0.2) is 39.2 Å². The maximum atomic E-state index is 12.5. The van der Waals surface area contributed by atoms with Crippen molar-refractivity contribution in [2.75, 3.05) is 13.7 Å². The van der Waals surface area contributed by atoms with Crippen molar-refractivity contribution in [3.05, 3.63) is 23.3 Å². The lowest BCUT2D eigenvalue weighted by Crippen LogP contribution is -2.42. The highest BCUT2D eigenvalue weighted by Gasteiger charge is 2.32. The van der Waals surface area contributed by atoms with Crippen molar-refractivity contribution in [3.63, 3.8) is 0 Å². The first-order chi connectivity index (χ1) is 9.72. The molecule has 3 rings (SSSR count). The number of carbonyl (C=O) groups is 1. The molecule has 0 unspecified atom stereocenters. The van der Waals surface area contributed by atoms with Crippen LogP contribution in [0.25, 0.3) is 0 Å². The number of allylic oxidation sites excluding steroid dienone is 1. The Kier molecular flexibility index (Phi) is 3.56. The van der Waals surface area contributed by atoms with E-state index in [4.69, 9.17) is 4.74 Å². The summed E-state index contributed by atoms with van der Waals surface area (Å²) in [6, 6.07) is -0.0316. The summed E-state index contributed by atoms with van der Waals surface area (Å²) >= 11 is 0. The van der Waals surface area contributed by atoms with Crippen LogP contribution in [0.5, 0.6) is 0 Å². The van der Waals surface area contributed by atoms with Gasteiger partial charge in [-0.05, 0) is 26.2 Å². The average Bonchev–Trinajstić information content (AvgIpc) is 3.09. The van der Waals surface area contributed by atoms with Gasteiger partial charge >= 0.3 is 0 Å². The summed E-state index contributed by atoms with van der Waals surface area (Å²) in [5.41, 5.74) is 0.960. The van der Waals surface area contributed by atoms with Gasteiger partial charge in [0.2, 0.25) is 5.91 Å². The fourth-order valence-corrected chi connectivity index (χ4v) is 3.01. The van der Waals surface area contributed by atoms with Gasteiger partial charge < -0.3 is 14.2 Å².